The van der Waals surface area contributed by atoms with Crippen LogP contribution in [0.25, 0.3) is 10.9 Å². The lowest BCUT2D eigenvalue weighted by Crippen LogP contribution is -2.10. The summed E-state index contributed by atoms with van der Waals surface area (Å²) in [5.41, 5.74) is 6.68. The number of aromatic nitrogens is 1. The fourth-order valence-corrected chi connectivity index (χ4v) is 5.34. The minimum Gasteiger partial charge on any atom is -0.611 e. The number of hydrogen-bond donors (Lipinski definition) is 1. The molecule has 0 spiro atoms. The lowest BCUT2D eigenvalue weighted by atomic mass is 9.96. The number of nitrogens with zero attached hydrogens (tertiary/aromatic N) is 1. The van der Waals surface area contributed by atoms with Gasteiger partial charge in [0.1, 0.15) is 12.3 Å². The molecule has 0 amide bonds. The monoisotopic (exact) mass is 367 g/mol. The molecule has 1 atom stereocenters. The highest BCUT2D eigenvalue weighted by Gasteiger charge is 2.27. The van der Waals surface area contributed by atoms with Crippen LogP contribution in [0.2, 0.25) is 0 Å². The van der Waals surface area contributed by atoms with E-state index in [4.69, 9.17) is 0 Å². The molecule has 3 aromatic rings. The molecule has 0 saturated carbocycles. The van der Waals surface area contributed by atoms with Gasteiger partial charge >= 0.3 is 5.97 Å². The first-order chi connectivity index (χ1) is 12.5. The van der Waals surface area contributed by atoms with Crippen LogP contribution in [0.15, 0.2) is 41.3 Å². The van der Waals surface area contributed by atoms with Gasteiger partial charge in [0, 0.05) is 35.0 Å². The number of aliphatic carboxylic acids is 1. The number of carboxylic acid groups (broad SMARTS) is 1. The minimum atomic E-state index is -0.888. The van der Waals surface area contributed by atoms with Crippen molar-refractivity contribution in [2.75, 3.05) is 5.75 Å². The molecule has 1 aromatic heterocycles. The molecule has 2 aromatic carbocycles. The van der Waals surface area contributed by atoms with Gasteiger partial charge in [-0.3, -0.25) is 4.79 Å². The molecule has 134 valence electrons. The molecule has 4 rings (SSSR count). The van der Waals surface area contributed by atoms with Crippen LogP contribution in [0.1, 0.15) is 27.9 Å². The van der Waals surface area contributed by atoms with Crippen molar-refractivity contribution < 1.29 is 14.5 Å². The summed E-state index contributed by atoms with van der Waals surface area (Å²) in [6, 6.07) is 12.2. The molecule has 0 bridgehead atoms. The van der Waals surface area contributed by atoms with Gasteiger partial charge in [-0.1, -0.05) is 23.8 Å². The third-order valence-corrected chi connectivity index (χ3v) is 6.73. The molecular weight excluding hydrogens is 346 g/mol. The first kappa shape index (κ1) is 17.2. The molecule has 1 unspecified atom stereocenters. The summed E-state index contributed by atoms with van der Waals surface area (Å²) in [5.74, 6) is -0.140. The molecule has 0 fully saturated rings. The average molecular weight is 367 g/mol. The maximum Gasteiger partial charge on any atom is 0.323 e. The molecular formula is C21H21NO3S. The maximum atomic E-state index is 12.2. The smallest absolute Gasteiger partial charge is 0.323 e. The SMILES string of the molecule is Cc1ccc2c(c1)c(Cc1cccc3c1CC[S+]3[O-])c(C)n2CC(=O)O. The van der Waals surface area contributed by atoms with E-state index in [0.29, 0.717) is 5.75 Å². The van der Waals surface area contributed by atoms with Gasteiger partial charge in [0.25, 0.3) is 0 Å². The Morgan fingerprint density at radius 3 is 2.85 bits per heavy atom. The number of carboxylic acids is 1. The Hall–Kier alpha value is -2.24. The molecule has 1 aliphatic rings. The van der Waals surface area contributed by atoms with Crippen molar-refractivity contribution in [2.45, 2.75) is 38.1 Å². The van der Waals surface area contributed by atoms with Crippen molar-refractivity contribution in [3.05, 3.63) is 64.3 Å². The van der Waals surface area contributed by atoms with E-state index in [-0.39, 0.29) is 6.54 Å². The third kappa shape index (κ3) is 2.81. The highest BCUT2D eigenvalue weighted by atomic mass is 32.2. The average Bonchev–Trinajstić information content (AvgIpc) is 3.09. The molecule has 0 saturated heterocycles. The topological polar surface area (TPSA) is 65.3 Å². The first-order valence-electron chi connectivity index (χ1n) is 8.75. The van der Waals surface area contributed by atoms with E-state index in [0.717, 1.165) is 45.5 Å². The standard InChI is InChI=1S/C21H21NO3S/c1-13-6-7-19-18(10-13)17(14(2)22(19)12-21(23)24)11-15-4-3-5-20-16(15)8-9-26(20)25/h3-7,10H,8-9,11-12H2,1-2H3,(H,23,24). The van der Waals surface area contributed by atoms with Gasteiger partial charge in [0.2, 0.25) is 0 Å². The van der Waals surface area contributed by atoms with Gasteiger partial charge in [0.15, 0.2) is 4.90 Å². The second-order valence-electron chi connectivity index (χ2n) is 6.93. The number of hydrogen-bond acceptors (Lipinski definition) is 2. The van der Waals surface area contributed by atoms with Crippen LogP contribution in [0.5, 0.6) is 0 Å². The zero-order valence-corrected chi connectivity index (χ0v) is 15.7. The fraction of sp³-hybridized carbons (Fsp3) is 0.286. The molecule has 1 aliphatic heterocycles. The van der Waals surface area contributed by atoms with Crippen LogP contribution in [0.3, 0.4) is 0 Å². The largest absolute Gasteiger partial charge is 0.611 e. The molecule has 0 aliphatic carbocycles. The van der Waals surface area contributed by atoms with Crippen LogP contribution in [-0.4, -0.2) is 25.9 Å². The minimum absolute atomic E-state index is 0.0394. The van der Waals surface area contributed by atoms with E-state index in [9.17, 15) is 14.5 Å². The van der Waals surface area contributed by atoms with E-state index < -0.39 is 17.1 Å². The number of aryl methyl sites for hydroxylation is 1. The Morgan fingerprint density at radius 2 is 2.08 bits per heavy atom. The van der Waals surface area contributed by atoms with E-state index in [1.165, 1.54) is 11.1 Å². The highest BCUT2D eigenvalue weighted by Crippen LogP contribution is 2.33. The van der Waals surface area contributed by atoms with E-state index in [1.54, 1.807) is 0 Å². The molecule has 26 heavy (non-hydrogen) atoms. The van der Waals surface area contributed by atoms with Crippen LogP contribution in [0, 0.1) is 13.8 Å². The predicted molar refractivity (Wildman–Crippen MR) is 103 cm³/mol. The van der Waals surface area contributed by atoms with Gasteiger partial charge in [0.05, 0.1) is 0 Å². The molecule has 0 radical (unpaired) electrons. The second-order valence-corrected chi connectivity index (χ2v) is 8.47. The van der Waals surface area contributed by atoms with Crippen LogP contribution >= 0.6 is 0 Å². The lowest BCUT2D eigenvalue weighted by Gasteiger charge is -2.09. The van der Waals surface area contributed by atoms with Gasteiger partial charge in [-0.05, 0) is 54.3 Å². The number of benzene rings is 2. The normalized spacial score (nSPS) is 16.2. The molecule has 1 N–H and O–H groups in total. The summed E-state index contributed by atoms with van der Waals surface area (Å²) in [5, 5.41) is 10.4. The van der Waals surface area contributed by atoms with Crippen molar-refractivity contribution in [1.29, 1.82) is 0 Å². The summed E-state index contributed by atoms with van der Waals surface area (Å²) in [7, 11) is 0. The summed E-state index contributed by atoms with van der Waals surface area (Å²) < 4.78 is 14.0. The van der Waals surface area contributed by atoms with Crippen LogP contribution < -0.4 is 0 Å². The Labute approximate surface area is 155 Å². The van der Waals surface area contributed by atoms with Crippen molar-refractivity contribution in [3.8, 4) is 0 Å². The van der Waals surface area contributed by atoms with Gasteiger partial charge in [-0.15, -0.1) is 0 Å². The molecule has 2 heterocycles. The van der Waals surface area contributed by atoms with E-state index >= 15 is 0 Å². The van der Waals surface area contributed by atoms with Gasteiger partial charge in [-0.2, -0.15) is 0 Å². The molecule has 4 nitrogen and oxygen atoms in total. The Kier molecular flexibility index (Phi) is 4.29. The Bertz CT molecular complexity index is 1020. The number of fused-ring (bicyclic) bond motifs is 2. The zero-order chi connectivity index (χ0) is 18.4. The summed E-state index contributed by atoms with van der Waals surface area (Å²) >= 11 is -0.888. The van der Waals surface area contributed by atoms with Gasteiger partial charge < -0.3 is 14.2 Å². The second kappa shape index (κ2) is 6.49. The third-order valence-electron chi connectivity index (χ3n) is 5.28. The summed E-state index contributed by atoms with van der Waals surface area (Å²) in [4.78, 5) is 12.3. The van der Waals surface area contributed by atoms with E-state index in [1.807, 2.05) is 35.8 Å². The fourth-order valence-electron chi connectivity index (χ4n) is 4.00. The molecule has 5 heteroatoms. The Balaban J connectivity index is 1.86. The van der Waals surface area contributed by atoms with Crippen molar-refractivity contribution in [3.63, 3.8) is 0 Å². The summed E-state index contributed by atoms with van der Waals surface area (Å²) in [6.45, 7) is 4.01. The van der Waals surface area contributed by atoms with Crippen LogP contribution in [0.4, 0.5) is 0 Å². The van der Waals surface area contributed by atoms with E-state index in [2.05, 4.69) is 19.1 Å². The lowest BCUT2D eigenvalue weighted by molar-refractivity contribution is -0.137. The first-order valence-corrected chi connectivity index (χ1v) is 10.1. The highest BCUT2D eigenvalue weighted by molar-refractivity contribution is 7.91. The van der Waals surface area contributed by atoms with Crippen molar-refractivity contribution in [2.24, 2.45) is 0 Å². The van der Waals surface area contributed by atoms with Crippen LogP contribution in [-0.2, 0) is 35.4 Å². The van der Waals surface area contributed by atoms with Crippen molar-refractivity contribution in [1.82, 2.24) is 4.57 Å². The Morgan fingerprint density at radius 1 is 1.27 bits per heavy atom. The van der Waals surface area contributed by atoms with Crippen molar-refractivity contribution >= 4 is 28.0 Å². The number of rotatable bonds is 4. The van der Waals surface area contributed by atoms with Gasteiger partial charge in [-0.25, -0.2) is 0 Å². The summed E-state index contributed by atoms with van der Waals surface area (Å²) in [6.07, 6.45) is 1.59. The quantitative estimate of drug-likeness (QED) is 0.717. The maximum absolute atomic E-state index is 12.2. The predicted octanol–water partition coefficient (Wildman–Crippen LogP) is 3.60. The zero-order valence-electron chi connectivity index (χ0n) is 14.9. The number of carbonyl (C=O) groups is 1.